The highest BCUT2D eigenvalue weighted by Gasteiger charge is 2.14. The lowest BCUT2D eigenvalue weighted by molar-refractivity contribution is -0.123. The van der Waals surface area contributed by atoms with E-state index >= 15 is 0 Å². The number of amides is 1. The molecule has 1 aliphatic rings. The highest BCUT2D eigenvalue weighted by Crippen LogP contribution is 2.18. The molecule has 0 bridgehead atoms. The van der Waals surface area contributed by atoms with Gasteiger partial charge in [0.15, 0.2) is 0 Å². The van der Waals surface area contributed by atoms with Gasteiger partial charge in [0.05, 0.1) is 12.7 Å². The van der Waals surface area contributed by atoms with Gasteiger partial charge in [0.25, 0.3) is 0 Å². The molecule has 1 aliphatic heterocycles. The third-order valence-corrected chi connectivity index (χ3v) is 3.44. The Bertz CT molecular complexity index is 471. The number of ether oxygens (including phenoxy) is 2. The van der Waals surface area contributed by atoms with Crippen molar-refractivity contribution in [1.29, 1.82) is 0 Å². The summed E-state index contributed by atoms with van der Waals surface area (Å²) in [5.41, 5.74) is 0.736. The van der Waals surface area contributed by atoms with Gasteiger partial charge in [0.1, 0.15) is 12.4 Å². The molecule has 0 radical (unpaired) electrons. The maximum absolute atomic E-state index is 11.9. The second kappa shape index (κ2) is 8.76. The van der Waals surface area contributed by atoms with Crippen LogP contribution >= 0.6 is 0 Å². The number of anilines is 1. The zero-order chi connectivity index (χ0) is 15.8. The van der Waals surface area contributed by atoms with E-state index < -0.39 is 0 Å². The Hall–Kier alpha value is -1.59. The highest BCUT2D eigenvalue weighted by molar-refractivity contribution is 5.91. The van der Waals surface area contributed by atoms with E-state index in [9.17, 15) is 4.79 Å². The van der Waals surface area contributed by atoms with Crippen molar-refractivity contribution in [2.45, 2.75) is 32.8 Å². The van der Waals surface area contributed by atoms with Crippen molar-refractivity contribution in [2.75, 3.05) is 31.6 Å². The van der Waals surface area contributed by atoms with Gasteiger partial charge in [-0.1, -0.05) is 19.9 Å². The molecular formula is C17H26N2O3. The fourth-order valence-electron chi connectivity index (χ4n) is 2.28. The van der Waals surface area contributed by atoms with Crippen LogP contribution in [-0.4, -0.2) is 38.3 Å². The number of hydrogen-bond donors (Lipinski definition) is 2. The largest absolute Gasteiger partial charge is 0.493 e. The Morgan fingerprint density at radius 2 is 2.14 bits per heavy atom. The second-order valence-electron chi connectivity index (χ2n) is 6.04. The predicted octanol–water partition coefficient (Wildman–Crippen LogP) is 2.43. The fourth-order valence-corrected chi connectivity index (χ4v) is 2.28. The molecule has 122 valence electrons. The van der Waals surface area contributed by atoms with E-state index in [0.717, 1.165) is 37.4 Å². The molecule has 1 saturated heterocycles. The van der Waals surface area contributed by atoms with Crippen LogP contribution in [0.25, 0.3) is 0 Å². The third-order valence-electron chi connectivity index (χ3n) is 3.44. The van der Waals surface area contributed by atoms with Gasteiger partial charge in [-0.15, -0.1) is 0 Å². The smallest absolute Gasteiger partial charge is 0.250 e. The number of carbonyl (C=O) groups excluding carboxylic acids is 1. The van der Waals surface area contributed by atoms with Gasteiger partial charge >= 0.3 is 0 Å². The molecule has 5 heteroatoms. The standard InChI is InChI=1S/C17H26N2O3/c1-13(2)11-21-16-5-3-4-14(10-16)19-17(20)12-22-15-6-8-18-9-7-15/h3-5,10,13,15,18H,6-9,11-12H2,1-2H3,(H,19,20). The number of benzene rings is 1. The van der Waals surface area contributed by atoms with Crippen LogP contribution in [0.3, 0.4) is 0 Å². The normalized spacial score (nSPS) is 15.8. The van der Waals surface area contributed by atoms with Crippen LogP contribution in [0.2, 0.25) is 0 Å². The Kier molecular flexibility index (Phi) is 6.68. The van der Waals surface area contributed by atoms with Crippen molar-refractivity contribution in [3.8, 4) is 5.75 Å². The molecule has 1 heterocycles. The molecule has 1 aromatic rings. The van der Waals surface area contributed by atoms with E-state index in [0.29, 0.717) is 12.5 Å². The van der Waals surface area contributed by atoms with Crippen LogP contribution in [-0.2, 0) is 9.53 Å². The molecule has 0 unspecified atom stereocenters. The summed E-state index contributed by atoms with van der Waals surface area (Å²) >= 11 is 0. The molecule has 0 spiro atoms. The van der Waals surface area contributed by atoms with Gasteiger partial charge in [-0.3, -0.25) is 4.79 Å². The quantitative estimate of drug-likeness (QED) is 0.812. The number of carbonyl (C=O) groups is 1. The van der Waals surface area contributed by atoms with Gasteiger partial charge in [0, 0.05) is 11.8 Å². The van der Waals surface area contributed by atoms with E-state index in [1.165, 1.54) is 0 Å². The molecular weight excluding hydrogens is 280 g/mol. The summed E-state index contributed by atoms with van der Waals surface area (Å²) in [6, 6.07) is 7.46. The van der Waals surface area contributed by atoms with E-state index in [4.69, 9.17) is 9.47 Å². The maximum atomic E-state index is 11.9. The van der Waals surface area contributed by atoms with Crippen molar-refractivity contribution >= 4 is 11.6 Å². The minimum absolute atomic E-state index is 0.0990. The molecule has 5 nitrogen and oxygen atoms in total. The van der Waals surface area contributed by atoms with Crippen LogP contribution < -0.4 is 15.4 Å². The molecule has 1 amide bonds. The van der Waals surface area contributed by atoms with Crippen molar-refractivity contribution in [3.05, 3.63) is 24.3 Å². The van der Waals surface area contributed by atoms with E-state index in [2.05, 4.69) is 24.5 Å². The minimum atomic E-state index is -0.125. The van der Waals surface area contributed by atoms with E-state index in [1.807, 2.05) is 24.3 Å². The molecule has 0 aliphatic carbocycles. The number of rotatable bonds is 7. The first-order valence-corrected chi connectivity index (χ1v) is 7.98. The Morgan fingerprint density at radius 1 is 1.36 bits per heavy atom. The van der Waals surface area contributed by atoms with Gasteiger partial charge in [-0.05, 0) is 44.0 Å². The fraction of sp³-hybridized carbons (Fsp3) is 0.588. The van der Waals surface area contributed by atoms with Crippen molar-refractivity contribution < 1.29 is 14.3 Å². The van der Waals surface area contributed by atoms with Crippen LogP contribution in [0.1, 0.15) is 26.7 Å². The molecule has 1 fully saturated rings. The number of nitrogens with one attached hydrogen (secondary N) is 2. The first kappa shape index (κ1) is 16.8. The summed E-state index contributed by atoms with van der Waals surface area (Å²) in [6.45, 7) is 6.88. The lowest BCUT2D eigenvalue weighted by atomic mass is 10.1. The van der Waals surface area contributed by atoms with Crippen LogP contribution in [0, 0.1) is 5.92 Å². The van der Waals surface area contributed by atoms with E-state index in [-0.39, 0.29) is 18.6 Å². The number of piperidine rings is 1. The summed E-state index contributed by atoms with van der Waals surface area (Å²) in [5.74, 6) is 1.11. The van der Waals surface area contributed by atoms with Crippen molar-refractivity contribution in [3.63, 3.8) is 0 Å². The SMILES string of the molecule is CC(C)COc1cccc(NC(=O)COC2CCNCC2)c1. The molecule has 0 aromatic heterocycles. The zero-order valence-corrected chi connectivity index (χ0v) is 13.4. The van der Waals surface area contributed by atoms with Gasteiger partial charge in [0.2, 0.25) is 5.91 Å². The zero-order valence-electron chi connectivity index (χ0n) is 13.4. The van der Waals surface area contributed by atoms with Gasteiger partial charge < -0.3 is 20.1 Å². The van der Waals surface area contributed by atoms with Gasteiger partial charge in [-0.2, -0.15) is 0 Å². The molecule has 0 saturated carbocycles. The van der Waals surface area contributed by atoms with Crippen molar-refractivity contribution in [2.24, 2.45) is 5.92 Å². The summed E-state index contributed by atoms with van der Waals surface area (Å²) < 4.78 is 11.3. The molecule has 2 rings (SSSR count). The first-order chi connectivity index (χ1) is 10.6. The van der Waals surface area contributed by atoms with Crippen LogP contribution in [0.5, 0.6) is 5.75 Å². The highest BCUT2D eigenvalue weighted by atomic mass is 16.5. The number of hydrogen-bond acceptors (Lipinski definition) is 4. The monoisotopic (exact) mass is 306 g/mol. The molecule has 1 aromatic carbocycles. The second-order valence-corrected chi connectivity index (χ2v) is 6.04. The maximum Gasteiger partial charge on any atom is 0.250 e. The van der Waals surface area contributed by atoms with Crippen molar-refractivity contribution in [1.82, 2.24) is 5.32 Å². The van der Waals surface area contributed by atoms with Crippen LogP contribution in [0.15, 0.2) is 24.3 Å². The minimum Gasteiger partial charge on any atom is -0.493 e. The Balaban J connectivity index is 1.76. The average molecular weight is 306 g/mol. The lowest BCUT2D eigenvalue weighted by Gasteiger charge is -2.22. The Labute approximate surface area is 132 Å². The predicted molar refractivity (Wildman–Crippen MR) is 87.2 cm³/mol. The molecule has 22 heavy (non-hydrogen) atoms. The first-order valence-electron chi connectivity index (χ1n) is 7.98. The average Bonchev–Trinajstić information content (AvgIpc) is 2.52. The lowest BCUT2D eigenvalue weighted by Crippen LogP contribution is -2.34. The van der Waals surface area contributed by atoms with Gasteiger partial charge in [-0.25, -0.2) is 0 Å². The van der Waals surface area contributed by atoms with Crippen LogP contribution in [0.4, 0.5) is 5.69 Å². The molecule has 0 atom stereocenters. The Morgan fingerprint density at radius 3 is 2.86 bits per heavy atom. The summed E-state index contributed by atoms with van der Waals surface area (Å²) in [4.78, 5) is 11.9. The summed E-state index contributed by atoms with van der Waals surface area (Å²) in [6.07, 6.45) is 2.12. The topological polar surface area (TPSA) is 59.6 Å². The molecule has 2 N–H and O–H groups in total. The summed E-state index contributed by atoms with van der Waals surface area (Å²) in [5, 5.41) is 6.12. The summed E-state index contributed by atoms with van der Waals surface area (Å²) in [7, 11) is 0. The third kappa shape index (κ3) is 6.03. The van der Waals surface area contributed by atoms with E-state index in [1.54, 1.807) is 0 Å².